The summed E-state index contributed by atoms with van der Waals surface area (Å²) >= 11 is 0. The van der Waals surface area contributed by atoms with E-state index in [1.54, 1.807) is 0 Å². The maximum absolute atomic E-state index is 13.0. The predicted octanol–water partition coefficient (Wildman–Crippen LogP) is 1.61. The minimum atomic E-state index is -4.81. The van der Waals surface area contributed by atoms with Crippen LogP contribution in [0.2, 0.25) is 0 Å². The average Bonchev–Trinajstić information content (AvgIpc) is 2.53. The zero-order valence-electron chi connectivity index (χ0n) is 14.2. The van der Waals surface area contributed by atoms with E-state index in [9.17, 15) is 26.4 Å². The lowest BCUT2D eigenvalue weighted by molar-refractivity contribution is -0.139. The fourth-order valence-corrected chi connectivity index (χ4v) is 4.12. The molecule has 0 aromatic heterocycles. The van der Waals surface area contributed by atoms with Crippen molar-refractivity contribution in [1.29, 1.82) is 0 Å². The molecule has 2 atom stereocenters. The van der Waals surface area contributed by atoms with Gasteiger partial charge in [-0.1, -0.05) is 12.1 Å². The quantitative estimate of drug-likeness (QED) is 0.783. The fourth-order valence-electron chi connectivity index (χ4n) is 2.70. The molecule has 11 heteroatoms. The Morgan fingerprint density at radius 2 is 1.96 bits per heavy atom. The standard InChI is InChI=1S/C15H20F3N3O3S.ClH/c1-10-9-19-7-8-21(10)14(22)11(2)20-25(23,24)13-6-4-3-5-12(13)15(16,17)18;/h3-6,10-11,19-20H,7-9H2,1-2H3;1H/t10-,11?;/m0./s1. The number of halogens is 4. The summed E-state index contributed by atoms with van der Waals surface area (Å²) in [5.74, 6) is -0.470. The van der Waals surface area contributed by atoms with Gasteiger partial charge >= 0.3 is 6.18 Å². The molecule has 1 aliphatic heterocycles. The number of alkyl halides is 3. The number of carbonyl (C=O) groups is 1. The van der Waals surface area contributed by atoms with Gasteiger partial charge in [0, 0.05) is 25.7 Å². The Morgan fingerprint density at radius 1 is 1.35 bits per heavy atom. The van der Waals surface area contributed by atoms with Crippen LogP contribution in [-0.4, -0.2) is 50.9 Å². The molecule has 1 heterocycles. The molecule has 2 rings (SSSR count). The van der Waals surface area contributed by atoms with Gasteiger partial charge in [-0.3, -0.25) is 4.79 Å². The van der Waals surface area contributed by atoms with E-state index in [1.165, 1.54) is 17.9 Å². The molecule has 2 N–H and O–H groups in total. The summed E-state index contributed by atoms with van der Waals surface area (Å²) in [5, 5.41) is 3.10. The molecule has 1 fully saturated rings. The van der Waals surface area contributed by atoms with Gasteiger partial charge in [-0.05, 0) is 26.0 Å². The van der Waals surface area contributed by atoms with Gasteiger partial charge in [-0.2, -0.15) is 17.9 Å². The fraction of sp³-hybridized carbons (Fsp3) is 0.533. The summed E-state index contributed by atoms with van der Waals surface area (Å²) < 4.78 is 66.0. The number of nitrogens with one attached hydrogen (secondary N) is 2. The van der Waals surface area contributed by atoms with Crippen LogP contribution in [0.5, 0.6) is 0 Å². The topological polar surface area (TPSA) is 78.5 Å². The van der Waals surface area contributed by atoms with Gasteiger partial charge in [0.05, 0.1) is 16.5 Å². The van der Waals surface area contributed by atoms with Crippen LogP contribution >= 0.6 is 12.4 Å². The molecule has 1 aliphatic rings. The van der Waals surface area contributed by atoms with Crippen LogP contribution < -0.4 is 10.0 Å². The van der Waals surface area contributed by atoms with Crippen molar-refractivity contribution in [2.24, 2.45) is 0 Å². The van der Waals surface area contributed by atoms with Crippen molar-refractivity contribution in [3.05, 3.63) is 29.8 Å². The highest BCUT2D eigenvalue weighted by molar-refractivity contribution is 7.89. The third kappa shape index (κ3) is 5.09. The summed E-state index contributed by atoms with van der Waals surface area (Å²) in [7, 11) is -4.51. The van der Waals surface area contributed by atoms with Crippen LogP contribution in [0.4, 0.5) is 13.2 Å². The Bertz CT molecular complexity index is 743. The van der Waals surface area contributed by atoms with Gasteiger partial charge in [0.25, 0.3) is 0 Å². The van der Waals surface area contributed by atoms with E-state index in [2.05, 4.69) is 10.0 Å². The van der Waals surface area contributed by atoms with Gasteiger partial charge in [0.1, 0.15) is 0 Å². The van der Waals surface area contributed by atoms with E-state index in [4.69, 9.17) is 0 Å². The third-order valence-electron chi connectivity index (χ3n) is 3.97. The first-order chi connectivity index (χ1) is 11.5. The lowest BCUT2D eigenvalue weighted by atomic mass is 10.2. The first kappa shape index (κ1) is 22.7. The lowest BCUT2D eigenvalue weighted by Gasteiger charge is -2.35. The minimum Gasteiger partial charge on any atom is -0.336 e. The SMILES string of the molecule is CC(NS(=O)(=O)c1ccccc1C(F)(F)F)C(=O)N1CCNC[C@@H]1C.Cl. The number of amides is 1. The Kier molecular flexibility index (Phi) is 7.46. The van der Waals surface area contributed by atoms with E-state index in [-0.39, 0.29) is 18.4 Å². The molecule has 0 aliphatic carbocycles. The molecule has 0 radical (unpaired) electrons. The van der Waals surface area contributed by atoms with E-state index in [1.807, 2.05) is 6.92 Å². The molecule has 1 saturated heterocycles. The number of nitrogens with zero attached hydrogens (tertiary/aromatic N) is 1. The Labute approximate surface area is 156 Å². The van der Waals surface area contributed by atoms with Crippen molar-refractivity contribution in [3.8, 4) is 0 Å². The molecule has 6 nitrogen and oxygen atoms in total. The van der Waals surface area contributed by atoms with Gasteiger partial charge in [-0.25, -0.2) is 8.42 Å². The molecular formula is C15H21ClF3N3O3S. The number of rotatable bonds is 4. The van der Waals surface area contributed by atoms with Crippen molar-refractivity contribution >= 4 is 28.3 Å². The summed E-state index contributed by atoms with van der Waals surface area (Å²) in [6.07, 6.45) is -4.81. The van der Waals surface area contributed by atoms with Crippen LogP contribution in [-0.2, 0) is 21.0 Å². The van der Waals surface area contributed by atoms with Crippen LogP contribution in [0, 0.1) is 0 Å². The van der Waals surface area contributed by atoms with E-state index in [0.29, 0.717) is 25.7 Å². The molecule has 0 bridgehead atoms. The zero-order chi connectivity index (χ0) is 18.8. The second kappa shape index (κ2) is 8.55. The molecule has 26 heavy (non-hydrogen) atoms. The molecular weight excluding hydrogens is 395 g/mol. The highest BCUT2D eigenvalue weighted by Crippen LogP contribution is 2.33. The summed E-state index contributed by atoms with van der Waals surface area (Å²) in [6, 6.07) is 2.57. The maximum atomic E-state index is 13.0. The second-order valence-electron chi connectivity index (χ2n) is 5.92. The third-order valence-corrected chi connectivity index (χ3v) is 5.57. The minimum absolute atomic E-state index is 0. The molecule has 1 amide bonds. The monoisotopic (exact) mass is 415 g/mol. The first-order valence-electron chi connectivity index (χ1n) is 7.74. The molecule has 148 valence electrons. The Morgan fingerprint density at radius 3 is 2.54 bits per heavy atom. The van der Waals surface area contributed by atoms with Gasteiger partial charge in [-0.15, -0.1) is 12.4 Å². The molecule has 0 saturated carbocycles. The summed E-state index contributed by atoms with van der Waals surface area (Å²) in [4.78, 5) is 13.1. The van der Waals surface area contributed by atoms with Crippen molar-refractivity contribution in [3.63, 3.8) is 0 Å². The van der Waals surface area contributed by atoms with Crippen LogP contribution in [0.1, 0.15) is 19.4 Å². The number of hydrogen-bond acceptors (Lipinski definition) is 4. The number of sulfonamides is 1. The molecule has 1 aromatic rings. The molecule has 1 aromatic carbocycles. The Balaban J connectivity index is 0.00000338. The lowest BCUT2D eigenvalue weighted by Crippen LogP contribution is -2.57. The van der Waals surface area contributed by atoms with Crippen LogP contribution in [0.15, 0.2) is 29.2 Å². The zero-order valence-corrected chi connectivity index (χ0v) is 15.8. The van der Waals surface area contributed by atoms with Gasteiger partial charge in [0.2, 0.25) is 15.9 Å². The maximum Gasteiger partial charge on any atom is 0.417 e. The van der Waals surface area contributed by atoms with Crippen molar-refractivity contribution in [1.82, 2.24) is 14.9 Å². The number of benzene rings is 1. The number of piperazine rings is 1. The number of hydrogen-bond donors (Lipinski definition) is 2. The highest BCUT2D eigenvalue weighted by atomic mass is 35.5. The predicted molar refractivity (Wildman–Crippen MR) is 92.5 cm³/mol. The van der Waals surface area contributed by atoms with E-state index in [0.717, 1.165) is 12.1 Å². The summed E-state index contributed by atoms with van der Waals surface area (Å²) in [6.45, 7) is 4.69. The molecule has 1 unspecified atom stereocenters. The van der Waals surface area contributed by atoms with Crippen molar-refractivity contribution in [2.45, 2.75) is 37.0 Å². The van der Waals surface area contributed by atoms with E-state index < -0.39 is 38.6 Å². The second-order valence-corrected chi connectivity index (χ2v) is 7.60. The Hall–Kier alpha value is -1.36. The molecule has 0 spiro atoms. The van der Waals surface area contributed by atoms with Gasteiger partial charge in [0.15, 0.2) is 0 Å². The first-order valence-corrected chi connectivity index (χ1v) is 9.22. The summed E-state index contributed by atoms with van der Waals surface area (Å²) in [5.41, 5.74) is -1.27. The highest BCUT2D eigenvalue weighted by Gasteiger charge is 2.38. The van der Waals surface area contributed by atoms with Gasteiger partial charge < -0.3 is 10.2 Å². The van der Waals surface area contributed by atoms with Crippen molar-refractivity contribution in [2.75, 3.05) is 19.6 Å². The van der Waals surface area contributed by atoms with Crippen molar-refractivity contribution < 1.29 is 26.4 Å². The average molecular weight is 416 g/mol. The van der Waals surface area contributed by atoms with Crippen LogP contribution in [0.25, 0.3) is 0 Å². The normalized spacial score (nSPS) is 19.6. The van der Waals surface area contributed by atoms with E-state index >= 15 is 0 Å². The largest absolute Gasteiger partial charge is 0.417 e. The smallest absolute Gasteiger partial charge is 0.336 e. The number of carbonyl (C=O) groups excluding carboxylic acids is 1. The van der Waals surface area contributed by atoms with Crippen LogP contribution in [0.3, 0.4) is 0 Å².